The summed E-state index contributed by atoms with van der Waals surface area (Å²) in [7, 11) is 0. The fourth-order valence-electron chi connectivity index (χ4n) is 0.925. The first-order valence-electron chi connectivity index (χ1n) is 4.37. The first-order valence-corrected chi connectivity index (χ1v) is 4.75. The van der Waals surface area contributed by atoms with Crippen LogP contribution in [0.5, 0.6) is 5.75 Å². The van der Waals surface area contributed by atoms with E-state index in [2.05, 4.69) is 6.58 Å². The van der Waals surface area contributed by atoms with Crippen LogP contribution in [-0.2, 0) is 4.79 Å². The molecule has 0 atom stereocenters. The fraction of sp³-hybridized carbons (Fsp3) is 0.182. The van der Waals surface area contributed by atoms with Gasteiger partial charge in [-0.05, 0) is 29.8 Å². The Hall–Kier alpha value is -1.48. The zero-order valence-electron chi connectivity index (χ0n) is 8.03. The van der Waals surface area contributed by atoms with E-state index in [0.29, 0.717) is 10.8 Å². The highest BCUT2D eigenvalue weighted by Crippen LogP contribution is 2.15. The van der Waals surface area contributed by atoms with Crippen molar-refractivity contribution in [2.45, 2.75) is 6.42 Å². The Labute approximate surface area is 92.9 Å². The van der Waals surface area contributed by atoms with Crippen molar-refractivity contribution in [3.63, 3.8) is 0 Å². The maximum Gasteiger partial charge on any atom is 0.119 e. The molecule has 1 rings (SSSR count). The molecular weight excluding hydrogens is 216 g/mol. The molecule has 0 N–H and O–H groups in total. The lowest BCUT2D eigenvalue weighted by Crippen LogP contribution is -2.24. The van der Waals surface area contributed by atoms with E-state index in [4.69, 9.17) is 16.3 Å². The zero-order chi connectivity index (χ0) is 11.3. The molecule has 0 heterocycles. The maximum absolute atomic E-state index is 10.3. The number of rotatable bonds is 5. The number of carboxylic acid groups (broad SMARTS) is 1. The Bertz CT molecular complexity index is 357. The van der Waals surface area contributed by atoms with Crippen LogP contribution in [0, 0.1) is 0 Å². The molecule has 0 aliphatic heterocycles. The van der Waals surface area contributed by atoms with Crippen molar-refractivity contribution >= 4 is 17.6 Å². The Kier molecular flexibility index (Phi) is 4.18. The number of hydrogen-bond acceptors (Lipinski definition) is 3. The van der Waals surface area contributed by atoms with E-state index in [1.165, 1.54) is 0 Å². The molecule has 0 saturated carbocycles. The van der Waals surface area contributed by atoms with Crippen molar-refractivity contribution in [3.05, 3.63) is 41.4 Å². The molecule has 0 spiro atoms. The summed E-state index contributed by atoms with van der Waals surface area (Å²) in [5.74, 6) is -0.597. The third kappa shape index (κ3) is 4.04. The summed E-state index contributed by atoms with van der Waals surface area (Å²) in [5, 5.41) is 10.9. The van der Waals surface area contributed by atoms with E-state index in [1.807, 2.05) is 0 Å². The molecule has 0 aliphatic carbocycles. The van der Waals surface area contributed by atoms with Gasteiger partial charge in [0.2, 0.25) is 0 Å². The van der Waals surface area contributed by atoms with Gasteiger partial charge in [-0.3, -0.25) is 0 Å². The van der Waals surface area contributed by atoms with Gasteiger partial charge in [-0.1, -0.05) is 18.2 Å². The van der Waals surface area contributed by atoms with E-state index in [0.717, 1.165) is 0 Å². The average molecular weight is 226 g/mol. The quantitative estimate of drug-likeness (QED) is 0.712. The highest BCUT2D eigenvalue weighted by Gasteiger charge is 1.97. The standard InChI is InChI=1S/C11H11ClO3/c1-8(11(13)14)6-7-15-10-4-2-9(12)3-5-10/h2-5H,1,6-7H2,(H,13,14)/p-1. The van der Waals surface area contributed by atoms with Gasteiger partial charge in [0.05, 0.1) is 12.6 Å². The van der Waals surface area contributed by atoms with Crippen molar-refractivity contribution in [1.29, 1.82) is 0 Å². The topological polar surface area (TPSA) is 49.4 Å². The predicted molar refractivity (Wildman–Crippen MR) is 55.7 cm³/mol. The van der Waals surface area contributed by atoms with Gasteiger partial charge in [-0.15, -0.1) is 0 Å². The van der Waals surface area contributed by atoms with Crippen molar-refractivity contribution < 1.29 is 14.6 Å². The highest BCUT2D eigenvalue weighted by molar-refractivity contribution is 6.30. The minimum absolute atomic E-state index is 0.0314. The van der Waals surface area contributed by atoms with Gasteiger partial charge in [0.1, 0.15) is 5.75 Å². The summed E-state index contributed by atoms with van der Waals surface area (Å²) in [4.78, 5) is 10.3. The van der Waals surface area contributed by atoms with Crippen LogP contribution >= 0.6 is 11.6 Å². The summed E-state index contributed by atoms with van der Waals surface area (Å²) in [5.41, 5.74) is 0.0314. The Balaban J connectivity index is 2.35. The second kappa shape index (κ2) is 5.41. The molecule has 4 heteroatoms. The number of hydrogen-bond donors (Lipinski definition) is 0. The third-order valence-corrected chi connectivity index (χ3v) is 2.03. The Morgan fingerprint density at radius 3 is 2.53 bits per heavy atom. The van der Waals surface area contributed by atoms with E-state index in [-0.39, 0.29) is 18.6 Å². The molecule has 0 aromatic heterocycles. The first kappa shape index (κ1) is 11.6. The van der Waals surface area contributed by atoms with E-state index in [1.54, 1.807) is 24.3 Å². The second-order valence-electron chi connectivity index (χ2n) is 2.94. The Morgan fingerprint density at radius 1 is 1.40 bits per heavy atom. The van der Waals surface area contributed by atoms with Gasteiger partial charge >= 0.3 is 0 Å². The number of benzene rings is 1. The number of carboxylic acids is 1. The molecule has 15 heavy (non-hydrogen) atoms. The van der Waals surface area contributed by atoms with E-state index < -0.39 is 5.97 Å². The van der Waals surface area contributed by atoms with Crippen molar-refractivity contribution in [1.82, 2.24) is 0 Å². The average Bonchev–Trinajstić information content (AvgIpc) is 2.20. The van der Waals surface area contributed by atoms with E-state index >= 15 is 0 Å². The van der Waals surface area contributed by atoms with Gasteiger partial charge in [0.15, 0.2) is 0 Å². The van der Waals surface area contributed by atoms with Crippen molar-refractivity contribution in [2.75, 3.05) is 6.61 Å². The summed E-state index contributed by atoms with van der Waals surface area (Å²) < 4.78 is 5.27. The number of carbonyl (C=O) groups is 1. The largest absolute Gasteiger partial charge is 0.545 e. The smallest absolute Gasteiger partial charge is 0.119 e. The molecule has 0 bridgehead atoms. The summed E-state index contributed by atoms with van der Waals surface area (Å²) in [6, 6.07) is 6.82. The molecule has 0 aliphatic rings. The van der Waals surface area contributed by atoms with Crippen LogP contribution in [0.4, 0.5) is 0 Å². The predicted octanol–water partition coefficient (Wildman–Crippen LogP) is 1.41. The number of halogens is 1. The highest BCUT2D eigenvalue weighted by atomic mass is 35.5. The normalized spacial score (nSPS) is 9.67. The third-order valence-electron chi connectivity index (χ3n) is 1.77. The molecule has 0 fully saturated rings. The zero-order valence-corrected chi connectivity index (χ0v) is 8.79. The number of carbonyl (C=O) groups excluding carboxylic acids is 1. The molecule has 0 radical (unpaired) electrons. The molecule has 1 aromatic rings. The van der Waals surface area contributed by atoms with Gasteiger partial charge in [0, 0.05) is 11.4 Å². The minimum Gasteiger partial charge on any atom is -0.545 e. The molecule has 0 amide bonds. The number of aliphatic carboxylic acids is 1. The fourth-order valence-corrected chi connectivity index (χ4v) is 1.05. The number of ether oxygens (including phenoxy) is 1. The molecule has 0 saturated heterocycles. The maximum atomic E-state index is 10.3. The lowest BCUT2D eigenvalue weighted by Gasteiger charge is -2.08. The van der Waals surface area contributed by atoms with Gasteiger partial charge in [0.25, 0.3) is 0 Å². The summed E-state index contributed by atoms with van der Waals surface area (Å²) in [6.45, 7) is 3.59. The van der Waals surface area contributed by atoms with Crippen LogP contribution in [0.25, 0.3) is 0 Å². The van der Waals surface area contributed by atoms with Crippen LogP contribution in [0.1, 0.15) is 6.42 Å². The van der Waals surface area contributed by atoms with Gasteiger partial charge < -0.3 is 14.6 Å². The second-order valence-corrected chi connectivity index (χ2v) is 3.38. The minimum atomic E-state index is -1.24. The van der Waals surface area contributed by atoms with Crippen molar-refractivity contribution in [2.24, 2.45) is 0 Å². The molecular formula is C11H10ClO3-. The summed E-state index contributed by atoms with van der Waals surface area (Å²) in [6.07, 6.45) is 0.241. The molecule has 3 nitrogen and oxygen atoms in total. The van der Waals surface area contributed by atoms with Crippen LogP contribution in [-0.4, -0.2) is 12.6 Å². The van der Waals surface area contributed by atoms with Crippen LogP contribution in [0.3, 0.4) is 0 Å². The van der Waals surface area contributed by atoms with Crippen molar-refractivity contribution in [3.8, 4) is 5.75 Å². The monoisotopic (exact) mass is 225 g/mol. The van der Waals surface area contributed by atoms with Crippen LogP contribution < -0.4 is 9.84 Å². The lowest BCUT2D eigenvalue weighted by molar-refractivity contribution is -0.299. The Morgan fingerprint density at radius 2 is 2.00 bits per heavy atom. The van der Waals surface area contributed by atoms with E-state index in [9.17, 15) is 9.90 Å². The SMILES string of the molecule is C=C(CCOc1ccc(Cl)cc1)C(=O)[O-]. The van der Waals surface area contributed by atoms with Crippen LogP contribution in [0.2, 0.25) is 5.02 Å². The molecule has 80 valence electrons. The van der Waals surface area contributed by atoms with Crippen LogP contribution in [0.15, 0.2) is 36.4 Å². The summed E-state index contributed by atoms with van der Waals surface area (Å²) >= 11 is 5.68. The lowest BCUT2D eigenvalue weighted by atomic mass is 10.2. The molecule has 0 unspecified atom stereocenters. The molecule has 1 aromatic carbocycles. The van der Waals surface area contributed by atoms with Gasteiger partial charge in [-0.2, -0.15) is 0 Å². The van der Waals surface area contributed by atoms with Gasteiger partial charge in [-0.25, -0.2) is 0 Å². The first-order chi connectivity index (χ1) is 7.09.